The van der Waals surface area contributed by atoms with Crippen molar-refractivity contribution in [2.75, 3.05) is 66.2 Å². The number of amides is 3. The van der Waals surface area contributed by atoms with Gasteiger partial charge in [-0.3, -0.25) is 14.4 Å². The number of nitrogens with zero attached hydrogens (tertiary/aromatic N) is 4. The van der Waals surface area contributed by atoms with E-state index in [0.717, 1.165) is 4.68 Å². The minimum absolute atomic E-state index is 0.000810. The monoisotopic (exact) mass is 1020 g/mol. The van der Waals surface area contributed by atoms with E-state index in [9.17, 15) is 37.1 Å². The highest BCUT2D eigenvalue weighted by Crippen LogP contribution is 2.57. The highest BCUT2D eigenvalue weighted by molar-refractivity contribution is 6.01. The average Bonchev–Trinajstić information content (AvgIpc) is 4.10. The van der Waals surface area contributed by atoms with E-state index in [1.165, 1.54) is 49.3 Å². The van der Waals surface area contributed by atoms with E-state index >= 15 is 0 Å². The lowest BCUT2D eigenvalue weighted by Crippen LogP contribution is -2.52. The molecule has 2 saturated heterocycles. The van der Waals surface area contributed by atoms with Crippen molar-refractivity contribution in [3.8, 4) is 34.4 Å². The molecule has 0 spiro atoms. The molecule has 19 nitrogen and oxygen atoms in total. The summed E-state index contributed by atoms with van der Waals surface area (Å²) >= 11 is 0. The number of rotatable bonds is 10. The topological polar surface area (TPSA) is 222 Å². The number of piperazine rings is 1. The predicted octanol–water partition coefficient (Wildman–Crippen LogP) is 7.19. The molecule has 4 aromatic rings. The lowest BCUT2D eigenvalue weighted by Gasteiger charge is -2.40. The number of ketones is 1. The number of alkyl halides is 3. The first-order valence-electron chi connectivity index (χ1n) is 24.1. The van der Waals surface area contributed by atoms with Crippen LogP contribution in [-0.2, 0) is 31.6 Å². The first-order chi connectivity index (χ1) is 34.9. The molecule has 3 aliphatic carbocycles. The van der Waals surface area contributed by atoms with Crippen LogP contribution in [0.4, 0.5) is 28.4 Å². The largest absolute Gasteiger partial charge is 0.493 e. The normalized spacial score (nSPS) is 23.9. The lowest BCUT2D eigenvalue weighted by molar-refractivity contribution is -0.142. The summed E-state index contributed by atoms with van der Waals surface area (Å²) < 4.78 is 90.1. The Balaban J connectivity index is 0.777. The van der Waals surface area contributed by atoms with Gasteiger partial charge in [-0.05, 0) is 91.1 Å². The number of hydrogen-bond donors (Lipinski definition) is 2. The zero-order chi connectivity index (χ0) is 51.7. The SMILES string of the molecule is COc1cc([C@@H]2c3cc4c(cc3[C@@H](OC(=O)N3CCN(C(=O)OC5CCC(Nc6cc(-n7nc(C(F)(F)F)c8c7CC(C)(C)CC8=O)ccc6C(N)=O)CC5)CC3)[C@H]3COC(=O)[C@H]23)OCO4)cc(OC)c1OC. The number of cyclic esters (lactones) is 1. The van der Waals surface area contributed by atoms with Gasteiger partial charge >= 0.3 is 24.3 Å². The van der Waals surface area contributed by atoms with Gasteiger partial charge in [-0.2, -0.15) is 18.3 Å². The van der Waals surface area contributed by atoms with Crippen molar-refractivity contribution in [2.24, 2.45) is 23.0 Å². The highest BCUT2D eigenvalue weighted by Gasteiger charge is 2.55. The van der Waals surface area contributed by atoms with Crippen molar-refractivity contribution >= 4 is 35.5 Å². The fraction of sp³-hybridized carbons (Fsp3) is 0.490. The summed E-state index contributed by atoms with van der Waals surface area (Å²) in [5, 5.41) is 7.23. The van der Waals surface area contributed by atoms with E-state index in [0.29, 0.717) is 76.8 Å². The Morgan fingerprint density at radius 1 is 0.808 bits per heavy atom. The summed E-state index contributed by atoms with van der Waals surface area (Å²) in [7, 11) is 4.51. The minimum atomic E-state index is -4.86. The number of carbonyl (C=O) groups excluding carboxylic acids is 5. The average molecular weight is 1020 g/mol. The first-order valence-corrected chi connectivity index (χ1v) is 24.1. The van der Waals surface area contributed by atoms with Crippen molar-refractivity contribution < 1.29 is 75.0 Å². The maximum Gasteiger partial charge on any atom is 0.435 e. The van der Waals surface area contributed by atoms with Crippen LogP contribution in [0, 0.1) is 17.3 Å². The van der Waals surface area contributed by atoms with Gasteiger partial charge in [0.1, 0.15) is 12.2 Å². The highest BCUT2D eigenvalue weighted by atomic mass is 19.4. The Morgan fingerprint density at radius 3 is 2.04 bits per heavy atom. The van der Waals surface area contributed by atoms with Gasteiger partial charge in [-0.1, -0.05) is 13.8 Å². The summed E-state index contributed by atoms with van der Waals surface area (Å²) in [5.41, 5.74) is 6.24. The Hall–Kier alpha value is -7.39. The van der Waals surface area contributed by atoms with Gasteiger partial charge in [0, 0.05) is 61.7 Å². The summed E-state index contributed by atoms with van der Waals surface area (Å²) in [6.07, 6.45) is -5.25. The van der Waals surface area contributed by atoms with Gasteiger partial charge in [-0.25, -0.2) is 14.3 Å². The van der Waals surface area contributed by atoms with Crippen LogP contribution in [0.2, 0.25) is 0 Å². The van der Waals surface area contributed by atoms with Gasteiger partial charge in [-0.15, -0.1) is 0 Å². The number of ether oxygens (including phenoxy) is 8. The van der Waals surface area contributed by atoms with Gasteiger partial charge in [0.2, 0.25) is 12.5 Å². The molecule has 10 rings (SSSR count). The van der Waals surface area contributed by atoms with Crippen molar-refractivity contribution in [1.29, 1.82) is 0 Å². The second kappa shape index (κ2) is 18.9. The number of halogens is 3. The molecule has 6 aliphatic rings. The Labute approximate surface area is 417 Å². The maximum absolute atomic E-state index is 14.2. The molecule has 3 aromatic carbocycles. The Kier molecular flexibility index (Phi) is 12.7. The van der Waals surface area contributed by atoms with E-state index in [1.54, 1.807) is 24.3 Å². The second-order valence-corrected chi connectivity index (χ2v) is 20.0. The van der Waals surface area contributed by atoms with Gasteiger partial charge in [0.25, 0.3) is 5.91 Å². The van der Waals surface area contributed by atoms with Crippen LogP contribution in [-0.4, -0.2) is 122 Å². The van der Waals surface area contributed by atoms with Gasteiger partial charge in [0.15, 0.2) is 34.5 Å². The summed E-state index contributed by atoms with van der Waals surface area (Å²) in [6.45, 7) is 4.26. The van der Waals surface area contributed by atoms with Crippen LogP contribution in [0.1, 0.15) is 107 Å². The molecule has 0 unspecified atom stereocenters. The van der Waals surface area contributed by atoms with Crippen molar-refractivity contribution in [2.45, 2.75) is 82.7 Å². The quantitative estimate of drug-likeness (QED) is 0.119. The molecular weight excluding hydrogens is 962 g/mol. The van der Waals surface area contributed by atoms with E-state index in [-0.39, 0.29) is 75.4 Å². The zero-order valence-electron chi connectivity index (χ0n) is 40.8. The second-order valence-electron chi connectivity index (χ2n) is 20.0. The van der Waals surface area contributed by atoms with Gasteiger partial charge < -0.3 is 58.7 Å². The van der Waals surface area contributed by atoms with Crippen molar-refractivity contribution in [3.05, 3.63) is 81.7 Å². The number of primary amides is 1. The fourth-order valence-electron chi connectivity index (χ4n) is 11.3. The van der Waals surface area contributed by atoms with Crippen LogP contribution in [0.25, 0.3) is 5.69 Å². The molecule has 0 radical (unpaired) electrons. The van der Waals surface area contributed by atoms with E-state index < -0.39 is 82.7 Å². The number of hydrogen-bond acceptors (Lipinski definition) is 15. The Morgan fingerprint density at radius 2 is 1.44 bits per heavy atom. The molecule has 1 saturated carbocycles. The summed E-state index contributed by atoms with van der Waals surface area (Å²) in [4.78, 5) is 69.9. The van der Waals surface area contributed by atoms with Gasteiger partial charge in [0.05, 0.1) is 56.4 Å². The third-order valence-corrected chi connectivity index (χ3v) is 14.8. The molecule has 73 heavy (non-hydrogen) atoms. The first kappa shape index (κ1) is 49.2. The minimum Gasteiger partial charge on any atom is -0.493 e. The fourth-order valence-corrected chi connectivity index (χ4v) is 11.3. The number of aromatic nitrogens is 2. The number of fused-ring (bicyclic) bond motifs is 4. The maximum atomic E-state index is 14.2. The van der Waals surface area contributed by atoms with Crippen LogP contribution in [0.15, 0.2) is 42.5 Å². The predicted molar refractivity (Wildman–Crippen MR) is 250 cm³/mol. The smallest absolute Gasteiger partial charge is 0.435 e. The molecule has 22 heteroatoms. The number of carbonyl (C=O) groups is 5. The van der Waals surface area contributed by atoms with Crippen LogP contribution < -0.4 is 34.7 Å². The molecule has 1 aromatic heterocycles. The van der Waals surface area contributed by atoms with E-state index in [4.69, 9.17) is 43.6 Å². The third kappa shape index (κ3) is 9.12. The van der Waals surface area contributed by atoms with Crippen molar-refractivity contribution in [3.63, 3.8) is 0 Å². The number of esters is 1. The molecule has 388 valence electrons. The standard InChI is InChI=1S/C51H55F3N6O13/c1-50(2)21-34-42(35(61)22-50)45(51(52,53)54)57-60(34)27-8-11-29(46(55)62)33(18-27)56-26-6-9-28(10-7-26)72-48(64)58-12-14-59(15-13-58)49(65)73-43-31-20-37-36(70-24-71-37)19-30(31)40(41-32(43)23-69-47(41)63)25-16-38(66-3)44(68-5)39(17-25)67-4/h8,11,16-20,26,28,32,40-41,43,56H,6-7,9-10,12-15,21-24H2,1-5H3,(H2,55,62)/t26?,28?,32-,40+,41-,43+/m0/s1. The molecule has 3 amide bonds. The number of anilines is 1. The van der Waals surface area contributed by atoms with Crippen LogP contribution in [0.5, 0.6) is 28.7 Å². The van der Waals surface area contributed by atoms with Crippen LogP contribution >= 0.6 is 0 Å². The zero-order valence-corrected chi connectivity index (χ0v) is 40.8. The van der Waals surface area contributed by atoms with E-state index in [2.05, 4.69) is 10.4 Å². The number of nitrogens with one attached hydrogen (secondary N) is 1. The molecule has 3 aliphatic heterocycles. The number of methoxy groups -OCH3 is 3. The van der Waals surface area contributed by atoms with E-state index in [1.807, 2.05) is 13.8 Å². The molecular formula is C51H55F3N6O13. The molecule has 3 N–H and O–H groups in total. The summed E-state index contributed by atoms with van der Waals surface area (Å²) in [5.74, 6) is -1.62. The third-order valence-electron chi connectivity index (χ3n) is 14.8. The molecule has 3 fully saturated rings. The molecule has 0 bridgehead atoms. The lowest BCUT2D eigenvalue weighted by atomic mass is 9.66. The molecule has 4 atom stereocenters. The summed E-state index contributed by atoms with van der Waals surface area (Å²) in [6, 6.07) is 11.3. The molecule has 4 heterocycles. The number of nitrogens with two attached hydrogens (primary N) is 1. The van der Waals surface area contributed by atoms with Crippen LogP contribution in [0.3, 0.4) is 0 Å². The van der Waals surface area contributed by atoms with Crippen molar-refractivity contribution in [1.82, 2.24) is 19.6 Å². The Bertz CT molecular complexity index is 2860. The number of Topliss-reactive ketones (excluding diaryl/α,β-unsaturated/α-hetero) is 1. The number of benzene rings is 3.